The molecule has 2 heterocycles. The van der Waals surface area contributed by atoms with Crippen LogP contribution in [0.1, 0.15) is 28.0 Å². The summed E-state index contributed by atoms with van der Waals surface area (Å²) < 4.78 is 0. The van der Waals surface area contributed by atoms with Crippen molar-refractivity contribution in [2.24, 2.45) is 0 Å². The quantitative estimate of drug-likeness (QED) is 0.865. The zero-order valence-corrected chi connectivity index (χ0v) is 11.6. The topological polar surface area (TPSA) is 79.8 Å². The lowest BCUT2D eigenvalue weighted by atomic mass is 10.1. The first-order valence-electron chi connectivity index (χ1n) is 5.96. The number of aryl methyl sites for hydroxylation is 1. The van der Waals surface area contributed by atoms with Gasteiger partial charge in [0.15, 0.2) is 0 Å². The molecule has 0 fully saturated rings. The minimum Gasteiger partial charge on any atom is -0.363 e. The van der Waals surface area contributed by atoms with Crippen LogP contribution in [-0.2, 0) is 13.0 Å². The molecule has 0 bridgehead atoms. The highest BCUT2D eigenvalue weighted by Gasteiger charge is 2.12. The van der Waals surface area contributed by atoms with Gasteiger partial charge in [0, 0.05) is 13.2 Å². The summed E-state index contributed by atoms with van der Waals surface area (Å²) in [5, 5.41) is 14.3. The number of carbonyl (C=O) groups is 1. The molecule has 2 N–H and O–H groups in total. The van der Waals surface area contributed by atoms with Crippen LogP contribution in [-0.4, -0.2) is 28.1 Å². The minimum atomic E-state index is -0.230. The first-order valence-corrected chi connectivity index (χ1v) is 6.78. The number of amides is 1. The van der Waals surface area contributed by atoms with Gasteiger partial charge in [-0.3, -0.25) is 9.78 Å². The van der Waals surface area contributed by atoms with Crippen LogP contribution in [0.3, 0.4) is 0 Å². The molecule has 6 nitrogen and oxygen atoms in total. The Bertz CT molecular complexity index is 569. The van der Waals surface area contributed by atoms with E-state index in [0.717, 1.165) is 17.7 Å². The van der Waals surface area contributed by atoms with E-state index in [2.05, 4.69) is 32.7 Å². The van der Waals surface area contributed by atoms with E-state index in [1.54, 1.807) is 13.2 Å². The molecule has 2 aromatic heterocycles. The summed E-state index contributed by atoms with van der Waals surface area (Å²) in [6.07, 6.45) is 2.62. The van der Waals surface area contributed by atoms with Crippen molar-refractivity contribution >= 4 is 22.4 Å². The van der Waals surface area contributed by atoms with Crippen LogP contribution < -0.4 is 10.6 Å². The van der Waals surface area contributed by atoms with Gasteiger partial charge >= 0.3 is 0 Å². The Kier molecular flexibility index (Phi) is 4.40. The maximum atomic E-state index is 11.9. The van der Waals surface area contributed by atoms with E-state index in [-0.39, 0.29) is 5.91 Å². The molecule has 1 amide bonds. The molecule has 0 atom stereocenters. The molecule has 0 saturated carbocycles. The Labute approximate surface area is 115 Å². The summed E-state index contributed by atoms with van der Waals surface area (Å²) in [7, 11) is 1.74. The van der Waals surface area contributed by atoms with Crippen molar-refractivity contribution in [1.82, 2.24) is 20.5 Å². The largest absolute Gasteiger partial charge is 0.363 e. The Hall–Kier alpha value is -2.02. The van der Waals surface area contributed by atoms with Crippen molar-refractivity contribution in [3.05, 3.63) is 34.6 Å². The number of rotatable bonds is 5. The van der Waals surface area contributed by atoms with Crippen molar-refractivity contribution in [2.45, 2.75) is 19.9 Å². The predicted octanol–water partition coefficient (Wildman–Crippen LogP) is 1.47. The fourth-order valence-corrected chi connectivity index (χ4v) is 2.22. The van der Waals surface area contributed by atoms with Gasteiger partial charge in [-0.15, -0.1) is 10.2 Å². The first-order chi connectivity index (χ1) is 9.24. The monoisotopic (exact) mass is 277 g/mol. The Balaban J connectivity index is 2.00. The molecule has 0 aliphatic carbocycles. The molecule has 0 unspecified atom stereocenters. The molecule has 0 saturated heterocycles. The van der Waals surface area contributed by atoms with Gasteiger partial charge in [-0.25, -0.2) is 0 Å². The third-order valence-electron chi connectivity index (χ3n) is 2.61. The maximum Gasteiger partial charge on any atom is 0.282 e. The molecule has 0 radical (unpaired) electrons. The van der Waals surface area contributed by atoms with Crippen LogP contribution in [0.5, 0.6) is 0 Å². The molecule has 2 aromatic rings. The van der Waals surface area contributed by atoms with Crippen LogP contribution in [0, 0.1) is 0 Å². The first kappa shape index (κ1) is 13.4. The molecule has 2 rings (SSSR count). The van der Waals surface area contributed by atoms with Gasteiger partial charge in [0.25, 0.3) is 5.91 Å². The lowest BCUT2D eigenvalue weighted by Gasteiger charge is -2.06. The van der Waals surface area contributed by atoms with Gasteiger partial charge in [-0.05, 0) is 18.1 Å². The van der Waals surface area contributed by atoms with E-state index < -0.39 is 0 Å². The molecular formula is C12H15N5OS. The summed E-state index contributed by atoms with van der Waals surface area (Å²) in [6, 6.07) is 3.91. The molecule has 7 heteroatoms. The van der Waals surface area contributed by atoms with E-state index in [9.17, 15) is 4.79 Å². The lowest BCUT2D eigenvalue weighted by molar-refractivity contribution is 0.0949. The molecule has 0 aliphatic rings. The number of nitrogens with zero attached hydrogens (tertiary/aromatic N) is 3. The average molecular weight is 277 g/mol. The van der Waals surface area contributed by atoms with Crippen LogP contribution >= 0.6 is 11.3 Å². The number of hydrogen-bond acceptors (Lipinski definition) is 6. The van der Waals surface area contributed by atoms with Crippen molar-refractivity contribution in [3.63, 3.8) is 0 Å². The molecule has 100 valence electrons. The fraction of sp³-hybridized carbons (Fsp3) is 0.333. The van der Waals surface area contributed by atoms with E-state index in [0.29, 0.717) is 16.7 Å². The Morgan fingerprint density at radius 3 is 2.95 bits per heavy atom. The second-order valence-corrected chi connectivity index (χ2v) is 4.79. The molecule has 19 heavy (non-hydrogen) atoms. The van der Waals surface area contributed by atoms with Crippen molar-refractivity contribution in [1.29, 1.82) is 0 Å². The maximum absolute atomic E-state index is 11.9. The van der Waals surface area contributed by atoms with Gasteiger partial charge in [0.1, 0.15) is 0 Å². The highest BCUT2D eigenvalue weighted by Crippen LogP contribution is 2.14. The van der Waals surface area contributed by atoms with Gasteiger partial charge < -0.3 is 10.6 Å². The molecule has 0 aliphatic heterocycles. The van der Waals surface area contributed by atoms with Gasteiger partial charge in [-0.2, -0.15) is 0 Å². The van der Waals surface area contributed by atoms with E-state index >= 15 is 0 Å². The average Bonchev–Trinajstić information content (AvgIpc) is 2.94. The van der Waals surface area contributed by atoms with Crippen LogP contribution in [0.25, 0.3) is 0 Å². The van der Waals surface area contributed by atoms with E-state index in [1.807, 2.05) is 12.1 Å². The highest BCUT2D eigenvalue weighted by molar-refractivity contribution is 7.17. The third kappa shape index (κ3) is 3.25. The Morgan fingerprint density at radius 2 is 2.26 bits per heavy atom. The van der Waals surface area contributed by atoms with E-state index in [4.69, 9.17) is 0 Å². The third-order valence-corrected chi connectivity index (χ3v) is 3.55. The van der Waals surface area contributed by atoms with Crippen LogP contribution in [0.2, 0.25) is 0 Å². The lowest BCUT2D eigenvalue weighted by Crippen LogP contribution is -2.23. The second-order valence-electron chi connectivity index (χ2n) is 3.81. The number of carbonyl (C=O) groups excluding carboxylic acids is 1. The molecule has 0 spiro atoms. The standard InChI is InChI=1S/C12H15N5OS/c1-3-8-5-4-6-14-9(8)7-15-10(18)11-16-17-12(13-2)19-11/h4-6H,3,7H2,1-2H3,(H,13,17)(H,15,18). The minimum absolute atomic E-state index is 0.230. The smallest absolute Gasteiger partial charge is 0.282 e. The number of nitrogens with one attached hydrogen (secondary N) is 2. The van der Waals surface area contributed by atoms with Gasteiger partial charge in [-0.1, -0.05) is 24.3 Å². The number of pyridine rings is 1. The predicted molar refractivity (Wildman–Crippen MR) is 74.2 cm³/mol. The van der Waals surface area contributed by atoms with Crippen LogP contribution in [0.15, 0.2) is 18.3 Å². The van der Waals surface area contributed by atoms with Crippen LogP contribution in [0.4, 0.5) is 5.13 Å². The van der Waals surface area contributed by atoms with Crippen molar-refractivity contribution < 1.29 is 4.79 Å². The number of hydrogen-bond donors (Lipinski definition) is 2. The molecule has 0 aromatic carbocycles. The zero-order valence-electron chi connectivity index (χ0n) is 10.8. The van der Waals surface area contributed by atoms with Gasteiger partial charge in [0.2, 0.25) is 10.1 Å². The summed E-state index contributed by atoms with van der Waals surface area (Å²) in [4.78, 5) is 16.2. The van der Waals surface area contributed by atoms with Crippen molar-refractivity contribution in [3.8, 4) is 0 Å². The highest BCUT2D eigenvalue weighted by atomic mass is 32.1. The number of aromatic nitrogens is 3. The van der Waals surface area contributed by atoms with Gasteiger partial charge in [0.05, 0.1) is 12.2 Å². The summed E-state index contributed by atoms with van der Waals surface area (Å²) >= 11 is 1.22. The fourth-order valence-electron chi connectivity index (χ4n) is 1.61. The Morgan fingerprint density at radius 1 is 1.42 bits per heavy atom. The molecular weight excluding hydrogens is 262 g/mol. The SMILES string of the molecule is CCc1cccnc1CNC(=O)c1nnc(NC)s1. The zero-order chi connectivity index (χ0) is 13.7. The summed E-state index contributed by atoms with van der Waals surface area (Å²) in [5.41, 5.74) is 2.02. The number of anilines is 1. The normalized spacial score (nSPS) is 10.2. The summed E-state index contributed by atoms with van der Waals surface area (Å²) in [5.74, 6) is -0.230. The van der Waals surface area contributed by atoms with E-state index in [1.165, 1.54) is 11.3 Å². The summed E-state index contributed by atoms with van der Waals surface area (Å²) in [6.45, 7) is 2.46. The second kappa shape index (κ2) is 6.24. The van der Waals surface area contributed by atoms with Crippen molar-refractivity contribution in [2.75, 3.05) is 12.4 Å².